The van der Waals surface area contributed by atoms with Gasteiger partial charge in [-0.2, -0.15) is 0 Å². The van der Waals surface area contributed by atoms with Gasteiger partial charge in [0.15, 0.2) is 11.5 Å². The summed E-state index contributed by atoms with van der Waals surface area (Å²) in [5.41, 5.74) is 2.13. The summed E-state index contributed by atoms with van der Waals surface area (Å²) in [6, 6.07) is 19.8. The molecule has 8 nitrogen and oxygen atoms in total. The number of ether oxygens (including phenoxy) is 3. The molecule has 1 fully saturated rings. The highest BCUT2D eigenvalue weighted by Gasteiger charge is 2.46. The number of aliphatic hydroxyl groups is 1. The molecular weight excluding hydrogens is 462 g/mol. The summed E-state index contributed by atoms with van der Waals surface area (Å²) in [7, 11) is 0. The van der Waals surface area contributed by atoms with Crippen molar-refractivity contribution in [3.63, 3.8) is 0 Å². The van der Waals surface area contributed by atoms with Gasteiger partial charge in [0.2, 0.25) is 6.79 Å². The molecule has 0 spiro atoms. The van der Waals surface area contributed by atoms with E-state index in [1.165, 1.54) is 4.90 Å². The van der Waals surface area contributed by atoms with E-state index in [-0.39, 0.29) is 31.3 Å². The molecule has 5 rings (SSSR count). The second-order valence-corrected chi connectivity index (χ2v) is 8.32. The molecule has 0 radical (unpaired) electrons. The molecule has 0 aliphatic carbocycles. The Bertz CT molecular complexity index is 1360. The minimum Gasteiger partial charge on any atom is -0.507 e. The Balaban J connectivity index is 1.53. The van der Waals surface area contributed by atoms with E-state index >= 15 is 0 Å². The monoisotopic (exact) mass is 485 g/mol. The third-order valence-corrected chi connectivity index (χ3v) is 6.12. The van der Waals surface area contributed by atoms with Gasteiger partial charge in [-0.1, -0.05) is 42.5 Å². The van der Waals surface area contributed by atoms with Gasteiger partial charge in [-0.3, -0.25) is 9.59 Å². The van der Waals surface area contributed by atoms with Crippen LogP contribution >= 0.6 is 0 Å². The highest BCUT2D eigenvalue weighted by atomic mass is 16.7. The average Bonchev–Trinajstić information content (AvgIpc) is 3.47. The van der Waals surface area contributed by atoms with Crippen LogP contribution in [0.5, 0.6) is 11.5 Å². The van der Waals surface area contributed by atoms with Crippen LogP contribution in [0.4, 0.5) is 0 Å². The topological polar surface area (TPSA) is 102 Å². The maximum absolute atomic E-state index is 13.2. The molecule has 1 saturated heterocycles. The molecule has 8 heteroatoms. The number of aliphatic hydroxyl groups excluding tert-OH is 1. The van der Waals surface area contributed by atoms with Gasteiger partial charge in [0, 0.05) is 12.1 Å². The Hall–Kier alpha value is -4.59. The number of carbonyl (C=O) groups excluding carboxylic acids is 3. The normalized spacial score (nSPS) is 17.9. The number of nitrogens with zero attached hydrogens (tertiary/aromatic N) is 1. The van der Waals surface area contributed by atoms with Crippen molar-refractivity contribution < 1.29 is 33.7 Å². The van der Waals surface area contributed by atoms with Crippen molar-refractivity contribution in [2.24, 2.45) is 0 Å². The Labute approximate surface area is 207 Å². The maximum Gasteiger partial charge on any atom is 0.338 e. The molecule has 0 bridgehead atoms. The largest absolute Gasteiger partial charge is 0.507 e. The van der Waals surface area contributed by atoms with E-state index in [4.69, 9.17) is 14.2 Å². The molecule has 1 N–H and O–H groups in total. The van der Waals surface area contributed by atoms with Crippen molar-refractivity contribution in [3.8, 4) is 11.5 Å². The zero-order valence-corrected chi connectivity index (χ0v) is 19.5. The lowest BCUT2D eigenvalue weighted by Gasteiger charge is -2.25. The summed E-state index contributed by atoms with van der Waals surface area (Å²) in [6.07, 6.45) is 0. The molecule has 2 aliphatic heterocycles. The van der Waals surface area contributed by atoms with Crippen molar-refractivity contribution in [2.75, 3.05) is 13.4 Å². The Morgan fingerprint density at radius 2 is 1.67 bits per heavy atom. The molecule has 3 aromatic carbocycles. The predicted octanol–water partition coefficient (Wildman–Crippen LogP) is 4.21. The minimum absolute atomic E-state index is 0.00629. The molecule has 1 atom stereocenters. The third kappa shape index (κ3) is 4.17. The average molecular weight is 485 g/mol. The number of benzene rings is 3. The van der Waals surface area contributed by atoms with E-state index in [2.05, 4.69) is 0 Å². The standard InChI is InChI=1S/C28H23NO7/c1-2-34-28(33)19-10-8-17(9-11-19)15-29-24(18-6-4-3-5-7-18)23(26(31)27(29)32)25(30)20-12-13-21-22(14-20)36-16-35-21/h3-14,24,30H,2,15-16H2,1H3/b25-23-. The van der Waals surface area contributed by atoms with Crippen molar-refractivity contribution in [1.29, 1.82) is 0 Å². The summed E-state index contributed by atoms with van der Waals surface area (Å²) >= 11 is 0. The summed E-state index contributed by atoms with van der Waals surface area (Å²) < 4.78 is 15.8. The Morgan fingerprint density at radius 3 is 2.39 bits per heavy atom. The lowest BCUT2D eigenvalue weighted by atomic mass is 9.95. The van der Waals surface area contributed by atoms with Crippen molar-refractivity contribution >= 4 is 23.4 Å². The second-order valence-electron chi connectivity index (χ2n) is 8.32. The number of Topliss-reactive ketones (excluding diaryl/α,β-unsaturated/α-hetero) is 1. The number of likely N-dealkylation sites (tertiary alicyclic amines) is 1. The fourth-order valence-electron chi connectivity index (χ4n) is 4.38. The van der Waals surface area contributed by atoms with Gasteiger partial charge in [0.1, 0.15) is 5.76 Å². The molecule has 1 unspecified atom stereocenters. The molecular formula is C28H23NO7. The molecule has 2 aliphatic rings. The first-order valence-electron chi connectivity index (χ1n) is 11.5. The van der Waals surface area contributed by atoms with Crippen molar-refractivity contribution in [3.05, 3.63) is 101 Å². The van der Waals surface area contributed by atoms with E-state index in [9.17, 15) is 19.5 Å². The quantitative estimate of drug-likeness (QED) is 0.241. The summed E-state index contributed by atoms with van der Waals surface area (Å²) in [6.45, 7) is 2.18. The summed E-state index contributed by atoms with van der Waals surface area (Å²) in [5, 5.41) is 11.2. The predicted molar refractivity (Wildman–Crippen MR) is 129 cm³/mol. The molecule has 3 aromatic rings. The summed E-state index contributed by atoms with van der Waals surface area (Å²) in [5.74, 6) is -1.23. The molecule has 0 aromatic heterocycles. The van der Waals surface area contributed by atoms with Crippen LogP contribution < -0.4 is 9.47 Å². The third-order valence-electron chi connectivity index (χ3n) is 6.12. The van der Waals surface area contributed by atoms with Gasteiger partial charge in [-0.05, 0) is 48.4 Å². The zero-order chi connectivity index (χ0) is 25.2. The van der Waals surface area contributed by atoms with Crippen LogP contribution in [0.15, 0.2) is 78.4 Å². The summed E-state index contributed by atoms with van der Waals surface area (Å²) in [4.78, 5) is 39.8. The minimum atomic E-state index is -0.804. The van der Waals surface area contributed by atoms with Gasteiger partial charge < -0.3 is 24.2 Å². The zero-order valence-electron chi connectivity index (χ0n) is 19.5. The Morgan fingerprint density at radius 1 is 0.972 bits per heavy atom. The van der Waals surface area contributed by atoms with Crippen molar-refractivity contribution in [1.82, 2.24) is 4.90 Å². The van der Waals surface area contributed by atoms with Crippen LogP contribution in [0.25, 0.3) is 5.76 Å². The Kier molecular flexibility index (Phi) is 6.16. The first-order chi connectivity index (χ1) is 17.5. The molecule has 1 amide bonds. The van der Waals surface area contributed by atoms with Gasteiger partial charge in [0.05, 0.1) is 23.8 Å². The van der Waals surface area contributed by atoms with Gasteiger partial charge in [-0.25, -0.2) is 4.79 Å². The number of esters is 1. The van der Waals surface area contributed by atoms with E-state index in [0.717, 1.165) is 0 Å². The van der Waals surface area contributed by atoms with E-state index < -0.39 is 23.7 Å². The number of hydrogen-bond donors (Lipinski definition) is 1. The van der Waals surface area contributed by atoms with Crippen LogP contribution in [0, 0.1) is 0 Å². The van der Waals surface area contributed by atoms with Crippen LogP contribution in [-0.2, 0) is 20.9 Å². The van der Waals surface area contributed by atoms with E-state index in [0.29, 0.717) is 33.8 Å². The second kappa shape index (κ2) is 9.58. The van der Waals surface area contributed by atoms with Crippen LogP contribution in [0.3, 0.4) is 0 Å². The van der Waals surface area contributed by atoms with Gasteiger partial charge in [-0.15, -0.1) is 0 Å². The molecule has 0 saturated carbocycles. The fourth-order valence-corrected chi connectivity index (χ4v) is 4.38. The highest BCUT2D eigenvalue weighted by molar-refractivity contribution is 6.46. The lowest BCUT2D eigenvalue weighted by Crippen LogP contribution is -2.29. The van der Waals surface area contributed by atoms with E-state index in [1.54, 1.807) is 61.5 Å². The maximum atomic E-state index is 13.2. The highest BCUT2D eigenvalue weighted by Crippen LogP contribution is 2.42. The van der Waals surface area contributed by atoms with Crippen LogP contribution in [-0.4, -0.2) is 41.1 Å². The number of amides is 1. The molecule has 36 heavy (non-hydrogen) atoms. The van der Waals surface area contributed by atoms with Crippen LogP contribution in [0.1, 0.15) is 40.0 Å². The fraction of sp³-hybridized carbons (Fsp3) is 0.179. The van der Waals surface area contributed by atoms with Crippen LogP contribution in [0.2, 0.25) is 0 Å². The SMILES string of the molecule is CCOC(=O)c1ccc(CN2C(=O)C(=O)/C(=C(\O)c3ccc4c(c3)OCO4)C2c2ccccc2)cc1. The van der Waals surface area contributed by atoms with Gasteiger partial charge in [0.25, 0.3) is 11.7 Å². The molecule has 182 valence electrons. The van der Waals surface area contributed by atoms with Gasteiger partial charge >= 0.3 is 5.97 Å². The smallest absolute Gasteiger partial charge is 0.338 e. The van der Waals surface area contributed by atoms with E-state index in [1.807, 2.05) is 18.2 Å². The molecule has 2 heterocycles. The van der Waals surface area contributed by atoms with Crippen molar-refractivity contribution in [2.45, 2.75) is 19.5 Å². The first-order valence-corrected chi connectivity index (χ1v) is 11.5. The number of carbonyl (C=O) groups is 3. The lowest BCUT2D eigenvalue weighted by molar-refractivity contribution is -0.140. The number of hydrogen-bond acceptors (Lipinski definition) is 7. The number of fused-ring (bicyclic) bond motifs is 1. The first kappa shape index (κ1) is 23.2. The number of ketones is 1. The number of rotatable bonds is 6.